The van der Waals surface area contributed by atoms with Gasteiger partial charge in [0.15, 0.2) is 5.82 Å². The second-order valence-electron chi connectivity index (χ2n) is 2.44. The van der Waals surface area contributed by atoms with Gasteiger partial charge in [-0.1, -0.05) is 0 Å². The molecule has 0 fully saturated rings. The normalized spacial score (nSPS) is 10.7. The van der Waals surface area contributed by atoms with Crippen LogP contribution < -0.4 is 0 Å². The van der Waals surface area contributed by atoms with Crippen LogP contribution in [0.15, 0.2) is 23.1 Å². The molecule has 2 aromatic rings. The zero-order valence-electron chi connectivity index (χ0n) is 6.26. The molecule has 0 bridgehead atoms. The summed E-state index contributed by atoms with van der Waals surface area (Å²) in [5.74, 6) is -1.11. The van der Waals surface area contributed by atoms with Gasteiger partial charge >= 0.3 is 0 Å². The van der Waals surface area contributed by atoms with Crippen molar-refractivity contribution in [2.45, 2.75) is 0 Å². The van der Waals surface area contributed by atoms with Gasteiger partial charge in [0.05, 0.1) is 9.86 Å². The molecule has 1 aromatic heterocycles. The van der Waals surface area contributed by atoms with Gasteiger partial charge in [-0.25, -0.2) is 18.7 Å². The third-order valence-corrected chi connectivity index (χ3v) is 2.22. The molecule has 13 heavy (non-hydrogen) atoms. The number of benzene rings is 1. The van der Waals surface area contributed by atoms with Gasteiger partial charge in [-0.15, -0.1) is 0 Å². The number of hydrogen-bond donors (Lipinski definition) is 0. The molecule has 0 N–H and O–H groups in total. The van der Waals surface area contributed by atoms with Crippen LogP contribution in [0.1, 0.15) is 0 Å². The lowest BCUT2D eigenvalue weighted by atomic mass is 10.2. The van der Waals surface area contributed by atoms with Crippen molar-refractivity contribution in [2.24, 2.45) is 0 Å². The van der Waals surface area contributed by atoms with E-state index in [2.05, 4.69) is 25.9 Å². The molecule has 1 aromatic carbocycles. The van der Waals surface area contributed by atoms with Crippen molar-refractivity contribution in [3.63, 3.8) is 0 Å². The number of aromatic nitrogens is 2. The summed E-state index contributed by atoms with van der Waals surface area (Å²) in [6.45, 7) is 0. The summed E-state index contributed by atoms with van der Waals surface area (Å²) < 4.78 is 26.5. The highest BCUT2D eigenvalue weighted by atomic mass is 79.9. The Bertz CT molecular complexity index is 473. The monoisotopic (exact) mass is 244 g/mol. The van der Waals surface area contributed by atoms with Gasteiger partial charge in [-0.05, 0) is 22.0 Å². The molecule has 0 aliphatic carbocycles. The summed E-state index contributed by atoms with van der Waals surface area (Å²) in [5, 5.41) is 0.0863. The molecule has 0 amide bonds. The summed E-state index contributed by atoms with van der Waals surface area (Å²) in [6, 6.07) is 1.06. The molecule has 0 saturated heterocycles. The fraction of sp³-hybridized carbons (Fsp3) is 0. The van der Waals surface area contributed by atoms with E-state index in [1.807, 2.05) is 0 Å². The molecule has 0 aliphatic rings. The minimum atomic E-state index is -0.571. The molecule has 66 valence electrons. The van der Waals surface area contributed by atoms with E-state index in [-0.39, 0.29) is 15.4 Å². The predicted octanol–water partition coefficient (Wildman–Crippen LogP) is 2.67. The molecule has 0 unspecified atom stereocenters. The molecular formula is C8H3BrF2N2. The lowest BCUT2D eigenvalue weighted by molar-refractivity contribution is 0.609. The van der Waals surface area contributed by atoms with Crippen LogP contribution >= 0.6 is 15.9 Å². The van der Waals surface area contributed by atoms with Gasteiger partial charge in [0.1, 0.15) is 17.7 Å². The molecule has 0 saturated carbocycles. The van der Waals surface area contributed by atoms with Crippen LogP contribution in [0.3, 0.4) is 0 Å². The third-order valence-electron chi connectivity index (χ3n) is 1.64. The maximum atomic E-state index is 13.3. The van der Waals surface area contributed by atoms with E-state index < -0.39 is 11.6 Å². The Hall–Kier alpha value is -1.10. The summed E-state index contributed by atoms with van der Waals surface area (Å²) in [4.78, 5) is 7.26. The fourth-order valence-electron chi connectivity index (χ4n) is 1.04. The molecule has 0 atom stereocenters. The zero-order valence-corrected chi connectivity index (χ0v) is 7.85. The van der Waals surface area contributed by atoms with Crippen LogP contribution in [-0.2, 0) is 0 Å². The smallest absolute Gasteiger partial charge is 0.163 e. The molecule has 0 aliphatic heterocycles. The van der Waals surface area contributed by atoms with Crippen LogP contribution in [0.2, 0.25) is 0 Å². The van der Waals surface area contributed by atoms with Gasteiger partial charge in [0.25, 0.3) is 0 Å². The standard InChI is InChI=1S/C8H3BrF2N2/c9-5-1-6(10)4-2-12-3-13-8(4)7(5)11/h1-3H. The summed E-state index contributed by atoms with van der Waals surface area (Å²) in [6.07, 6.45) is 2.42. The first-order chi connectivity index (χ1) is 6.20. The van der Waals surface area contributed by atoms with E-state index in [0.29, 0.717) is 0 Å². The van der Waals surface area contributed by atoms with E-state index >= 15 is 0 Å². The molecule has 1 heterocycles. The second-order valence-corrected chi connectivity index (χ2v) is 3.29. The number of rotatable bonds is 0. The summed E-state index contributed by atoms with van der Waals surface area (Å²) in [7, 11) is 0. The van der Waals surface area contributed by atoms with Gasteiger partial charge < -0.3 is 0 Å². The summed E-state index contributed by atoms with van der Waals surface area (Å²) in [5.41, 5.74) is -0.0122. The average molecular weight is 245 g/mol. The van der Waals surface area contributed by atoms with Crippen LogP contribution in [0, 0.1) is 11.6 Å². The highest BCUT2D eigenvalue weighted by Crippen LogP contribution is 2.25. The minimum Gasteiger partial charge on any atom is -0.244 e. The topological polar surface area (TPSA) is 25.8 Å². The van der Waals surface area contributed by atoms with Crippen molar-refractivity contribution in [1.82, 2.24) is 9.97 Å². The van der Waals surface area contributed by atoms with E-state index in [1.165, 1.54) is 12.5 Å². The quantitative estimate of drug-likeness (QED) is 0.667. The largest absolute Gasteiger partial charge is 0.244 e. The first-order valence-corrected chi connectivity index (χ1v) is 4.22. The van der Waals surface area contributed by atoms with Gasteiger partial charge in [-0.3, -0.25) is 0 Å². The van der Waals surface area contributed by atoms with E-state index in [4.69, 9.17) is 0 Å². The zero-order chi connectivity index (χ0) is 9.42. The molecule has 0 radical (unpaired) electrons. The maximum Gasteiger partial charge on any atom is 0.163 e. The molecule has 5 heteroatoms. The molecular weight excluding hydrogens is 242 g/mol. The van der Waals surface area contributed by atoms with E-state index in [9.17, 15) is 8.78 Å². The van der Waals surface area contributed by atoms with Crippen molar-refractivity contribution in [3.05, 3.63) is 34.7 Å². The Morgan fingerprint density at radius 3 is 2.85 bits per heavy atom. The SMILES string of the molecule is Fc1cc(Br)c(F)c2ncncc12. The number of nitrogens with zero attached hydrogens (tertiary/aromatic N) is 2. The summed E-state index contributed by atoms with van der Waals surface area (Å²) >= 11 is 2.89. The van der Waals surface area contributed by atoms with Crippen molar-refractivity contribution in [3.8, 4) is 0 Å². The maximum absolute atomic E-state index is 13.3. The van der Waals surface area contributed by atoms with Crippen molar-refractivity contribution >= 4 is 26.8 Å². The Morgan fingerprint density at radius 1 is 1.31 bits per heavy atom. The highest BCUT2D eigenvalue weighted by molar-refractivity contribution is 9.10. The van der Waals surface area contributed by atoms with E-state index in [0.717, 1.165) is 6.07 Å². The predicted molar refractivity (Wildman–Crippen MR) is 47.2 cm³/mol. The Labute approximate surface area is 80.8 Å². The molecule has 0 spiro atoms. The lowest BCUT2D eigenvalue weighted by Crippen LogP contribution is -1.90. The Morgan fingerprint density at radius 2 is 2.08 bits per heavy atom. The van der Waals surface area contributed by atoms with Gasteiger partial charge in [0.2, 0.25) is 0 Å². The van der Waals surface area contributed by atoms with Crippen LogP contribution in [0.4, 0.5) is 8.78 Å². The number of halogens is 3. The fourth-order valence-corrected chi connectivity index (χ4v) is 1.43. The van der Waals surface area contributed by atoms with E-state index in [1.54, 1.807) is 0 Å². The molecule has 2 nitrogen and oxygen atoms in total. The Balaban J connectivity index is 2.97. The first-order valence-electron chi connectivity index (χ1n) is 3.43. The van der Waals surface area contributed by atoms with Crippen molar-refractivity contribution < 1.29 is 8.78 Å². The lowest BCUT2D eigenvalue weighted by Gasteiger charge is -2.00. The highest BCUT2D eigenvalue weighted by Gasteiger charge is 2.10. The third kappa shape index (κ3) is 1.29. The first kappa shape index (κ1) is 8.50. The minimum absolute atomic E-state index is 0.0122. The number of fused-ring (bicyclic) bond motifs is 1. The number of hydrogen-bond acceptors (Lipinski definition) is 2. The van der Waals surface area contributed by atoms with Gasteiger partial charge in [0, 0.05) is 6.20 Å². The second kappa shape index (κ2) is 2.99. The Kier molecular flexibility index (Phi) is 1.95. The van der Waals surface area contributed by atoms with Crippen molar-refractivity contribution in [1.29, 1.82) is 0 Å². The van der Waals surface area contributed by atoms with Crippen LogP contribution in [0.25, 0.3) is 10.9 Å². The van der Waals surface area contributed by atoms with Crippen LogP contribution in [0.5, 0.6) is 0 Å². The van der Waals surface area contributed by atoms with Crippen LogP contribution in [-0.4, -0.2) is 9.97 Å². The average Bonchev–Trinajstić information content (AvgIpc) is 2.15. The molecule has 2 rings (SSSR count). The van der Waals surface area contributed by atoms with Gasteiger partial charge in [-0.2, -0.15) is 0 Å². The van der Waals surface area contributed by atoms with Crippen molar-refractivity contribution in [2.75, 3.05) is 0 Å².